The lowest BCUT2D eigenvalue weighted by Gasteiger charge is -2.35. The number of piperazine rings is 1. The van der Waals surface area contributed by atoms with Crippen LogP contribution in [-0.4, -0.2) is 88.1 Å². The minimum absolute atomic E-state index is 0.0609. The Hall–Kier alpha value is -4.26. The van der Waals surface area contributed by atoms with E-state index in [1.54, 1.807) is 29.9 Å². The quantitative estimate of drug-likeness (QED) is 0.190. The first kappa shape index (κ1) is 30.4. The molecule has 0 bridgehead atoms. The fraction of sp³-hybridized carbons (Fsp3) is 0.303. The number of pyridine rings is 1. The maximum atomic E-state index is 16.6. The van der Waals surface area contributed by atoms with E-state index in [9.17, 15) is 9.18 Å². The Balaban J connectivity index is 1.23. The minimum atomic E-state index is -0.865. The number of carbonyl (C=O) groups is 1. The fourth-order valence-corrected chi connectivity index (χ4v) is 6.95. The summed E-state index contributed by atoms with van der Waals surface area (Å²) < 4.78 is 37.4. The molecule has 0 N–H and O–H groups in total. The molecule has 2 saturated heterocycles. The van der Waals surface area contributed by atoms with E-state index >= 15 is 4.39 Å². The van der Waals surface area contributed by atoms with Gasteiger partial charge in [0.1, 0.15) is 28.6 Å². The number of fused-ring (bicyclic) bond motifs is 2. The van der Waals surface area contributed by atoms with Crippen molar-refractivity contribution in [3.05, 3.63) is 75.8 Å². The lowest BCUT2D eigenvalue weighted by molar-refractivity contribution is -0.128. The van der Waals surface area contributed by atoms with Gasteiger partial charge in [0.25, 0.3) is 5.91 Å². The molecule has 236 valence electrons. The average Bonchev–Trinajstić information content (AvgIpc) is 3.74. The lowest BCUT2D eigenvalue weighted by atomic mass is 10.0. The number of likely N-dealkylation sites (N-methyl/N-ethyl adjacent to an activating group) is 1. The zero-order valence-electron chi connectivity index (χ0n) is 25.0. The Morgan fingerprint density at radius 3 is 2.65 bits per heavy atom. The number of nitrogens with zero attached hydrogens (tertiary/aromatic N) is 7. The van der Waals surface area contributed by atoms with Crippen molar-refractivity contribution in [1.29, 1.82) is 0 Å². The van der Waals surface area contributed by atoms with E-state index in [2.05, 4.69) is 26.9 Å². The van der Waals surface area contributed by atoms with Crippen LogP contribution in [0.5, 0.6) is 6.01 Å². The standard InChI is InChI=1S/C33H30ClF2N7O2S/c1-41-11-4-7-21(41)19-45-33-39-30-23(18-38-29(28(30)36)22-8-2-5-20-6-3-9-24(34)27(20)22)31(40-33)42-12-14-43(15-13-42)32(44)25(35)17-26-37-10-16-46-26/h2-3,5-6,8-10,16-18,21H,4,7,11-15,19H2,1H3/t21-/m1/s1. The molecule has 1 atom stereocenters. The molecule has 2 aliphatic heterocycles. The maximum absolute atomic E-state index is 16.6. The summed E-state index contributed by atoms with van der Waals surface area (Å²) in [6.45, 7) is 2.53. The molecule has 13 heteroatoms. The van der Waals surface area contributed by atoms with E-state index in [0.717, 1.165) is 30.8 Å². The SMILES string of the molecule is CN1CCC[C@@H]1COc1nc(N2CCN(C(=O)C(F)=Cc3nccs3)CC2)c2cnc(-c3cccc4cccc(Cl)c34)c(F)c2n1. The van der Waals surface area contributed by atoms with Gasteiger partial charge in [-0.3, -0.25) is 9.78 Å². The molecule has 0 unspecified atom stereocenters. The van der Waals surface area contributed by atoms with Crippen LogP contribution in [0.2, 0.25) is 5.02 Å². The van der Waals surface area contributed by atoms with E-state index in [4.69, 9.17) is 21.3 Å². The first-order valence-corrected chi connectivity index (χ1v) is 16.3. The third kappa shape index (κ3) is 5.88. The molecule has 0 aliphatic carbocycles. The first-order chi connectivity index (χ1) is 22.4. The van der Waals surface area contributed by atoms with Gasteiger partial charge < -0.3 is 19.4 Å². The Labute approximate surface area is 273 Å². The number of amides is 1. The van der Waals surface area contributed by atoms with Crippen LogP contribution in [0.4, 0.5) is 14.6 Å². The molecule has 7 rings (SSSR count). The van der Waals surface area contributed by atoms with E-state index in [0.29, 0.717) is 51.9 Å². The summed E-state index contributed by atoms with van der Waals surface area (Å²) in [5.74, 6) is -1.73. The number of benzene rings is 2. The summed E-state index contributed by atoms with van der Waals surface area (Å²) in [6.07, 6.45) is 6.35. The molecule has 2 aromatic carbocycles. The molecule has 9 nitrogen and oxygen atoms in total. The second-order valence-electron chi connectivity index (χ2n) is 11.4. The number of hydrogen-bond donors (Lipinski definition) is 0. The van der Waals surface area contributed by atoms with E-state index in [-0.39, 0.29) is 36.4 Å². The molecule has 5 heterocycles. The highest BCUT2D eigenvalue weighted by molar-refractivity contribution is 7.10. The highest BCUT2D eigenvalue weighted by Gasteiger charge is 2.29. The molecular weight excluding hydrogens is 632 g/mol. The van der Waals surface area contributed by atoms with E-state index in [1.165, 1.54) is 16.2 Å². The van der Waals surface area contributed by atoms with E-state index in [1.807, 2.05) is 29.2 Å². The monoisotopic (exact) mass is 661 g/mol. The fourth-order valence-electron chi connectivity index (χ4n) is 6.12. The largest absolute Gasteiger partial charge is 0.462 e. The Kier molecular flexibility index (Phi) is 8.50. The number of halogens is 3. The van der Waals surface area contributed by atoms with Crippen LogP contribution >= 0.6 is 22.9 Å². The number of ether oxygens (including phenoxy) is 1. The first-order valence-electron chi connectivity index (χ1n) is 15.0. The molecule has 1 amide bonds. The predicted molar refractivity (Wildman–Crippen MR) is 176 cm³/mol. The minimum Gasteiger partial charge on any atom is -0.462 e. The van der Waals surface area contributed by atoms with Crippen LogP contribution < -0.4 is 9.64 Å². The molecule has 3 aromatic heterocycles. The summed E-state index contributed by atoms with van der Waals surface area (Å²) in [6, 6.07) is 11.4. The van der Waals surface area contributed by atoms with Gasteiger partial charge in [-0.05, 0) is 37.9 Å². The molecule has 0 saturated carbocycles. The van der Waals surface area contributed by atoms with Crippen molar-refractivity contribution in [2.24, 2.45) is 0 Å². The molecule has 2 aliphatic rings. The summed E-state index contributed by atoms with van der Waals surface area (Å²) in [5.41, 5.74) is 0.748. The molecule has 5 aromatic rings. The zero-order chi connectivity index (χ0) is 31.8. The summed E-state index contributed by atoms with van der Waals surface area (Å²) in [4.78, 5) is 36.3. The van der Waals surface area contributed by atoms with Crippen molar-refractivity contribution in [1.82, 2.24) is 29.7 Å². The molecule has 0 spiro atoms. The van der Waals surface area contributed by atoms with Crippen molar-refractivity contribution in [3.8, 4) is 17.3 Å². The molecular formula is C33H30ClF2N7O2S. The van der Waals surface area contributed by atoms with Crippen molar-refractivity contribution in [3.63, 3.8) is 0 Å². The second kappa shape index (κ2) is 12.9. The molecule has 46 heavy (non-hydrogen) atoms. The highest BCUT2D eigenvalue weighted by Crippen LogP contribution is 2.37. The van der Waals surface area contributed by atoms with Crippen LogP contribution in [0.15, 0.2) is 60.0 Å². The van der Waals surface area contributed by atoms with Crippen molar-refractivity contribution in [2.75, 3.05) is 51.3 Å². The number of rotatable bonds is 7. The maximum Gasteiger partial charge on any atom is 0.319 e. The van der Waals surface area contributed by atoms with Gasteiger partial charge in [0.15, 0.2) is 11.6 Å². The number of likely N-dealkylation sites (tertiary alicyclic amines) is 1. The van der Waals surface area contributed by atoms with Gasteiger partial charge in [-0.25, -0.2) is 13.8 Å². The Morgan fingerprint density at radius 2 is 1.91 bits per heavy atom. The van der Waals surface area contributed by atoms with Crippen molar-refractivity contribution >= 4 is 62.4 Å². The smallest absolute Gasteiger partial charge is 0.319 e. The normalized spacial score (nSPS) is 17.7. The number of aromatic nitrogens is 4. The van der Waals surface area contributed by atoms with Crippen molar-refractivity contribution < 1.29 is 18.3 Å². The third-order valence-corrected chi connectivity index (χ3v) is 9.64. The van der Waals surface area contributed by atoms with Gasteiger partial charge >= 0.3 is 6.01 Å². The predicted octanol–water partition coefficient (Wildman–Crippen LogP) is 6.23. The number of carbonyl (C=O) groups excluding carboxylic acids is 1. The second-order valence-corrected chi connectivity index (χ2v) is 12.7. The highest BCUT2D eigenvalue weighted by atomic mass is 35.5. The summed E-state index contributed by atoms with van der Waals surface area (Å²) in [7, 11) is 2.05. The number of anilines is 1. The van der Waals surface area contributed by atoms with Gasteiger partial charge in [0, 0.05) is 72.0 Å². The topological polar surface area (TPSA) is 87.6 Å². The number of hydrogen-bond acceptors (Lipinski definition) is 9. The van der Waals surface area contributed by atoms with Gasteiger partial charge in [-0.2, -0.15) is 9.97 Å². The van der Waals surface area contributed by atoms with Crippen LogP contribution in [-0.2, 0) is 4.79 Å². The molecule has 2 fully saturated rings. The van der Waals surface area contributed by atoms with Crippen LogP contribution in [0.1, 0.15) is 17.8 Å². The lowest BCUT2D eigenvalue weighted by Crippen LogP contribution is -2.49. The Bertz CT molecular complexity index is 1950. The third-order valence-electron chi connectivity index (χ3n) is 8.60. The van der Waals surface area contributed by atoms with Gasteiger partial charge in [-0.1, -0.05) is 41.9 Å². The van der Waals surface area contributed by atoms with Gasteiger partial charge in [-0.15, -0.1) is 11.3 Å². The average molecular weight is 662 g/mol. The summed E-state index contributed by atoms with van der Waals surface area (Å²) in [5, 5.41) is 4.61. The van der Waals surface area contributed by atoms with Gasteiger partial charge in [0.2, 0.25) is 0 Å². The van der Waals surface area contributed by atoms with Crippen LogP contribution in [0.3, 0.4) is 0 Å². The van der Waals surface area contributed by atoms with Crippen LogP contribution in [0, 0.1) is 5.82 Å². The van der Waals surface area contributed by atoms with Crippen LogP contribution in [0.25, 0.3) is 39.0 Å². The van der Waals surface area contributed by atoms with Gasteiger partial charge in [0.05, 0.1) is 5.39 Å². The summed E-state index contributed by atoms with van der Waals surface area (Å²) >= 11 is 7.83. The zero-order valence-corrected chi connectivity index (χ0v) is 26.6. The van der Waals surface area contributed by atoms with Crippen molar-refractivity contribution in [2.45, 2.75) is 18.9 Å². The molecule has 0 radical (unpaired) electrons. The van der Waals surface area contributed by atoms with E-state index < -0.39 is 17.6 Å². The number of thiazole rings is 1. The Morgan fingerprint density at radius 1 is 1.11 bits per heavy atom.